The number of rotatable bonds is 5. The molecule has 0 unspecified atom stereocenters. The number of hydrogen-bond acceptors (Lipinski definition) is 1. The first-order valence-corrected chi connectivity index (χ1v) is 6.96. The second-order valence-corrected chi connectivity index (χ2v) is 4.67. The highest BCUT2D eigenvalue weighted by Gasteiger charge is 2.05. The van der Waals surface area contributed by atoms with Crippen LogP contribution in [0.4, 0.5) is 4.39 Å². The maximum absolute atomic E-state index is 13.1. The van der Waals surface area contributed by atoms with Gasteiger partial charge in [-0.2, -0.15) is 0 Å². The number of aromatic nitrogens is 1. The molecule has 0 radical (unpaired) electrons. The highest BCUT2D eigenvalue weighted by Crippen LogP contribution is 2.19. The van der Waals surface area contributed by atoms with Crippen molar-refractivity contribution < 1.29 is 4.39 Å². The Labute approximate surface area is 141 Å². The number of aromatic amines is 1. The van der Waals surface area contributed by atoms with Gasteiger partial charge in [-0.15, -0.1) is 24.0 Å². The first kappa shape index (κ1) is 17.7. The van der Waals surface area contributed by atoms with Crippen molar-refractivity contribution in [3.8, 4) is 0 Å². The number of benzene rings is 1. The Morgan fingerprint density at radius 3 is 2.71 bits per heavy atom. The minimum atomic E-state index is -0.227. The SMILES string of the molecule is CCN(CC)C(N)=NCCc1c[nH]c2cc(F)ccc12.I. The molecule has 4 nitrogen and oxygen atoms in total. The standard InChI is InChI=1S/C15H21FN4.HI/c1-3-20(4-2)15(17)18-8-7-11-10-19-14-9-12(16)5-6-13(11)14;/h5-6,9-10,19H,3-4,7-8H2,1-2H3,(H2,17,18);1H. The van der Waals surface area contributed by atoms with Gasteiger partial charge in [-0.05, 0) is 44.0 Å². The van der Waals surface area contributed by atoms with Gasteiger partial charge in [0.1, 0.15) is 5.82 Å². The van der Waals surface area contributed by atoms with E-state index in [0.29, 0.717) is 12.5 Å². The van der Waals surface area contributed by atoms with Crippen molar-refractivity contribution in [2.75, 3.05) is 19.6 Å². The summed E-state index contributed by atoms with van der Waals surface area (Å²) in [6.45, 7) is 6.46. The molecule has 0 atom stereocenters. The van der Waals surface area contributed by atoms with Gasteiger partial charge in [0, 0.05) is 36.7 Å². The van der Waals surface area contributed by atoms with Crippen molar-refractivity contribution in [1.29, 1.82) is 0 Å². The topological polar surface area (TPSA) is 57.4 Å². The molecule has 1 aromatic heterocycles. The van der Waals surface area contributed by atoms with Gasteiger partial charge >= 0.3 is 0 Å². The Kier molecular flexibility index (Phi) is 6.94. The van der Waals surface area contributed by atoms with Crippen LogP contribution in [0, 0.1) is 5.82 Å². The van der Waals surface area contributed by atoms with E-state index in [0.717, 1.165) is 36.0 Å². The minimum Gasteiger partial charge on any atom is -0.370 e. The lowest BCUT2D eigenvalue weighted by Crippen LogP contribution is -2.37. The first-order chi connectivity index (χ1) is 9.65. The second kappa shape index (κ2) is 8.21. The summed E-state index contributed by atoms with van der Waals surface area (Å²) in [7, 11) is 0. The van der Waals surface area contributed by atoms with Gasteiger partial charge in [0.15, 0.2) is 5.96 Å². The van der Waals surface area contributed by atoms with Crippen LogP contribution in [0.1, 0.15) is 19.4 Å². The summed E-state index contributed by atoms with van der Waals surface area (Å²) in [5, 5.41) is 1.04. The molecule has 0 amide bonds. The summed E-state index contributed by atoms with van der Waals surface area (Å²) in [6.07, 6.45) is 2.70. The largest absolute Gasteiger partial charge is 0.370 e. The van der Waals surface area contributed by atoms with E-state index in [1.54, 1.807) is 6.07 Å². The second-order valence-electron chi connectivity index (χ2n) is 4.67. The first-order valence-electron chi connectivity index (χ1n) is 6.96. The lowest BCUT2D eigenvalue weighted by atomic mass is 10.1. The maximum atomic E-state index is 13.1. The summed E-state index contributed by atoms with van der Waals surface area (Å²) in [4.78, 5) is 9.50. The zero-order valence-electron chi connectivity index (χ0n) is 12.4. The molecule has 0 aliphatic heterocycles. The van der Waals surface area contributed by atoms with Gasteiger partial charge < -0.3 is 15.6 Å². The molecule has 1 heterocycles. The molecule has 0 saturated heterocycles. The lowest BCUT2D eigenvalue weighted by Gasteiger charge is -2.19. The Bertz CT molecular complexity index is 605. The van der Waals surface area contributed by atoms with Gasteiger partial charge in [0.2, 0.25) is 0 Å². The summed E-state index contributed by atoms with van der Waals surface area (Å²) in [5.74, 6) is 0.357. The molecule has 3 N–H and O–H groups in total. The number of nitrogens with two attached hydrogens (primary N) is 1. The third-order valence-electron chi connectivity index (χ3n) is 3.47. The number of nitrogens with one attached hydrogen (secondary N) is 1. The number of nitrogens with zero attached hydrogens (tertiary/aromatic N) is 2. The fraction of sp³-hybridized carbons (Fsp3) is 0.400. The average molecular weight is 404 g/mol. The van der Waals surface area contributed by atoms with Crippen LogP contribution in [0.5, 0.6) is 0 Å². The van der Waals surface area contributed by atoms with E-state index in [-0.39, 0.29) is 29.8 Å². The smallest absolute Gasteiger partial charge is 0.191 e. The van der Waals surface area contributed by atoms with E-state index in [2.05, 4.69) is 23.8 Å². The predicted molar refractivity (Wildman–Crippen MR) is 96.8 cm³/mol. The molecule has 0 spiro atoms. The molecule has 6 heteroatoms. The summed E-state index contributed by atoms with van der Waals surface area (Å²) in [6, 6.07) is 4.79. The summed E-state index contributed by atoms with van der Waals surface area (Å²) in [5.41, 5.74) is 7.88. The van der Waals surface area contributed by atoms with Crippen LogP contribution in [0.3, 0.4) is 0 Å². The number of H-pyrrole nitrogens is 1. The van der Waals surface area contributed by atoms with Crippen LogP contribution >= 0.6 is 24.0 Å². The van der Waals surface area contributed by atoms with Crippen LogP contribution in [-0.2, 0) is 6.42 Å². The van der Waals surface area contributed by atoms with Crippen molar-refractivity contribution in [2.45, 2.75) is 20.3 Å². The zero-order chi connectivity index (χ0) is 14.5. The van der Waals surface area contributed by atoms with Gasteiger partial charge in [0.05, 0.1) is 0 Å². The van der Waals surface area contributed by atoms with Gasteiger partial charge in [-0.3, -0.25) is 4.99 Å². The van der Waals surface area contributed by atoms with Crippen LogP contribution in [0.15, 0.2) is 29.4 Å². The molecule has 0 saturated carbocycles. The Hall–Kier alpha value is -1.31. The molecular weight excluding hydrogens is 382 g/mol. The van der Waals surface area contributed by atoms with Crippen molar-refractivity contribution in [3.63, 3.8) is 0 Å². The fourth-order valence-corrected chi connectivity index (χ4v) is 2.30. The van der Waals surface area contributed by atoms with Crippen LogP contribution in [0.2, 0.25) is 0 Å². The van der Waals surface area contributed by atoms with Gasteiger partial charge in [0.25, 0.3) is 0 Å². The predicted octanol–water partition coefficient (Wildman–Crippen LogP) is 3.12. The van der Waals surface area contributed by atoms with Crippen LogP contribution in [0.25, 0.3) is 10.9 Å². The highest BCUT2D eigenvalue weighted by molar-refractivity contribution is 14.0. The fourth-order valence-electron chi connectivity index (χ4n) is 2.30. The lowest BCUT2D eigenvalue weighted by molar-refractivity contribution is 0.458. The van der Waals surface area contributed by atoms with Crippen molar-refractivity contribution in [1.82, 2.24) is 9.88 Å². The number of halogens is 2. The molecule has 116 valence electrons. The van der Waals surface area contributed by atoms with E-state index in [4.69, 9.17) is 5.73 Å². The van der Waals surface area contributed by atoms with Crippen LogP contribution in [-0.4, -0.2) is 35.5 Å². The van der Waals surface area contributed by atoms with E-state index in [9.17, 15) is 4.39 Å². The quantitative estimate of drug-likeness (QED) is 0.457. The third kappa shape index (κ3) is 4.33. The molecular formula is C15H22FIN4. The van der Waals surface area contributed by atoms with Gasteiger partial charge in [-0.1, -0.05) is 0 Å². The number of guanidine groups is 1. The maximum Gasteiger partial charge on any atom is 0.191 e. The molecule has 21 heavy (non-hydrogen) atoms. The monoisotopic (exact) mass is 404 g/mol. The average Bonchev–Trinajstić information content (AvgIpc) is 2.82. The van der Waals surface area contributed by atoms with Crippen molar-refractivity contribution in [2.24, 2.45) is 10.7 Å². The normalized spacial score (nSPS) is 11.5. The number of aliphatic imine (C=N–C) groups is 1. The van der Waals surface area contributed by atoms with E-state index < -0.39 is 0 Å². The highest BCUT2D eigenvalue weighted by atomic mass is 127. The summed E-state index contributed by atoms with van der Waals surface area (Å²) < 4.78 is 13.1. The van der Waals surface area contributed by atoms with Crippen molar-refractivity contribution in [3.05, 3.63) is 35.8 Å². The van der Waals surface area contributed by atoms with Crippen LogP contribution < -0.4 is 5.73 Å². The van der Waals surface area contributed by atoms with E-state index >= 15 is 0 Å². The Morgan fingerprint density at radius 2 is 2.05 bits per heavy atom. The Balaban J connectivity index is 0.00000220. The van der Waals surface area contributed by atoms with Gasteiger partial charge in [-0.25, -0.2) is 4.39 Å². The molecule has 2 rings (SSSR count). The zero-order valence-corrected chi connectivity index (χ0v) is 14.7. The van der Waals surface area contributed by atoms with E-state index in [1.807, 2.05) is 11.1 Å². The van der Waals surface area contributed by atoms with Crippen molar-refractivity contribution >= 4 is 40.8 Å². The van der Waals surface area contributed by atoms with E-state index in [1.165, 1.54) is 12.1 Å². The molecule has 1 aromatic carbocycles. The third-order valence-corrected chi connectivity index (χ3v) is 3.47. The number of fused-ring (bicyclic) bond motifs is 1. The molecule has 2 aromatic rings. The molecule has 0 fully saturated rings. The molecule has 0 aliphatic carbocycles. The minimum absolute atomic E-state index is 0. The summed E-state index contributed by atoms with van der Waals surface area (Å²) >= 11 is 0. The molecule has 0 aliphatic rings. The number of hydrogen-bond donors (Lipinski definition) is 2. The Morgan fingerprint density at radius 1 is 1.33 bits per heavy atom. The molecule has 0 bridgehead atoms.